The van der Waals surface area contributed by atoms with Crippen LogP contribution in [0, 0.1) is 17.3 Å². The molecule has 2 fully saturated rings. The van der Waals surface area contributed by atoms with Crippen LogP contribution in [0.1, 0.15) is 32.6 Å². The number of nitrogens with zero attached hydrogens (tertiary/aromatic N) is 1. The first-order valence-corrected chi connectivity index (χ1v) is 7.22. The molecule has 0 bridgehead atoms. The molecule has 1 unspecified atom stereocenters. The molecule has 18 heavy (non-hydrogen) atoms. The third-order valence-corrected chi connectivity index (χ3v) is 4.62. The Morgan fingerprint density at radius 3 is 2.78 bits per heavy atom. The van der Waals surface area contributed by atoms with Gasteiger partial charge in [-0.15, -0.1) is 0 Å². The van der Waals surface area contributed by atoms with Crippen LogP contribution in [0.25, 0.3) is 0 Å². The van der Waals surface area contributed by atoms with E-state index in [4.69, 9.17) is 5.73 Å². The van der Waals surface area contributed by atoms with Crippen molar-refractivity contribution in [1.29, 1.82) is 0 Å². The molecule has 1 heterocycles. The molecular weight excluding hydrogens is 226 g/mol. The zero-order valence-corrected chi connectivity index (χ0v) is 11.7. The first-order valence-electron chi connectivity index (χ1n) is 7.22. The fourth-order valence-electron chi connectivity index (χ4n) is 3.58. The molecule has 4 nitrogen and oxygen atoms in total. The minimum Gasteiger partial charge on any atom is -0.355 e. The summed E-state index contributed by atoms with van der Waals surface area (Å²) in [6.07, 6.45) is 4.40. The van der Waals surface area contributed by atoms with Crippen LogP contribution in [0.15, 0.2) is 0 Å². The standard InChI is InChI=1S/C14H27N3O/c1-11-6-14(7-11,10-15)13(18)16-8-12-4-3-5-17(2)9-12/h11-12H,3-10,15H2,1-2H3,(H,16,18). The van der Waals surface area contributed by atoms with Gasteiger partial charge in [0.2, 0.25) is 5.91 Å². The number of hydrogen-bond donors (Lipinski definition) is 2. The van der Waals surface area contributed by atoms with Crippen LogP contribution < -0.4 is 11.1 Å². The highest BCUT2D eigenvalue weighted by Gasteiger charge is 2.47. The van der Waals surface area contributed by atoms with Crippen molar-refractivity contribution in [2.24, 2.45) is 23.0 Å². The molecule has 1 aliphatic carbocycles. The van der Waals surface area contributed by atoms with E-state index in [9.17, 15) is 4.79 Å². The van der Waals surface area contributed by atoms with Crippen molar-refractivity contribution < 1.29 is 4.79 Å². The largest absolute Gasteiger partial charge is 0.355 e. The summed E-state index contributed by atoms with van der Waals surface area (Å²) in [7, 11) is 2.16. The van der Waals surface area contributed by atoms with Crippen molar-refractivity contribution in [3.63, 3.8) is 0 Å². The molecule has 1 saturated heterocycles. The van der Waals surface area contributed by atoms with E-state index in [1.165, 1.54) is 19.4 Å². The third-order valence-electron chi connectivity index (χ3n) is 4.62. The second-order valence-corrected chi connectivity index (χ2v) is 6.48. The van der Waals surface area contributed by atoms with Gasteiger partial charge >= 0.3 is 0 Å². The van der Waals surface area contributed by atoms with Gasteiger partial charge in [-0.3, -0.25) is 4.79 Å². The zero-order valence-electron chi connectivity index (χ0n) is 11.7. The van der Waals surface area contributed by atoms with E-state index in [1.807, 2.05) is 0 Å². The highest BCUT2D eigenvalue weighted by Crippen LogP contribution is 2.44. The minimum absolute atomic E-state index is 0.191. The molecule has 1 saturated carbocycles. The summed E-state index contributed by atoms with van der Waals surface area (Å²) in [6, 6.07) is 0. The lowest BCUT2D eigenvalue weighted by molar-refractivity contribution is -0.138. The molecule has 104 valence electrons. The van der Waals surface area contributed by atoms with Gasteiger partial charge < -0.3 is 16.0 Å². The van der Waals surface area contributed by atoms with Crippen LogP contribution in [0.5, 0.6) is 0 Å². The fraction of sp³-hybridized carbons (Fsp3) is 0.929. The van der Waals surface area contributed by atoms with Crippen molar-refractivity contribution in [2.45, 2.75) is 32.6 Å². The predicted octanol–water partition coefficient (Wildman–Crippen LogP) is 0.819. The first kappa shape index (κ1) is 13.8. The quantitative estimate of drug-likeness (QED) is 0.780. The predicted molar refractivity (Wildman–Crippen MR) is 73.1 cm³/mol. The summed E-state index contributed by atoms with van der Waals surface area (Å²) < 4.78 is 0. The molecule has 0 spiro atoms. The second kappa shape index (κ2) is 5.57. The van der Waals surface area contributed by atoms with Gasteiger partial charge in [-0.05, 0) is 51.1 Å². The van der Waals surface area contributed by atoms with Crippen molar-refractivity contribution in [3.8, 4) is 0 Å². The topological polar surface area (TPSA) is 58.4 Å². The molecule has 2 rings (SSSR count). The lowest BCUT2D eigenvalue weighted by Gasteiger charge is -2.44. The van der Waals surface area contributed by atoms with Crippen LogP contribution in [-0.2, 0) is 4.79 Å². The van der Waals surface area contributed by atoms with Crippen molar-refractivity contribution in [3.05, 3.63) is 0 Å². The molecule has 0 aromatic carbocycles. The van der Waals surface area contributed by atoms with E-state index < -0.39 is 0 Å². The fourth-order valence-corrected chi connectivity index (χ4v) is 3.58. The Labute approximate surface area is 110 Å². The summed E-state index contributed by atoms with van der Waals surface area (Å²) in [5.74, 6) is 1.46. The Morgan fingerprint density at radius 2 is 2.22 bits per heavy atom. The smallest absolute Gasteiger partial charge is 0.227 e. The maximum atomic E-state index is 12.2. The molecule has 0 aromatic heterocycles. The number of rotatable bonds is 4. The van der Waals surface area contributed by atoms with E-state index in [1.54, 1.807) is 0 Å². The average Bonchev–Trinajstić information content (AvgIpc) is 2.32. The number of carbonyl (C=O) groups is 1. The molecule has 1 aliphatic heterocycles. The van der Waals surface area contributed by atoms with Gasteiger partial charge in [0.25, 0.3) is 0 Å². The normalized spacial score (nSPS) is 37.1. The maximum Gasteiger partial charge on any atom is 0.227 e. The summed E-state index contributed by atoms with van der Waals surface area (Å²) in [4.78, 5) is 14.6. The summed E-state index contributed by atoms with van der Waals surface area (Å²) in [5.41, 5.74) is 5.54. The van der Waals surface area contributed by atoms with Gasteiger partial charge in [-0.2, -0.15) is 0 Å². The monoisotopic (exact) mass is 253 g/mol. The van der Waals surface area contributed by atoms with E-state index >= 15 is 0 Å². The first-order chi connectivity index (χ1) is 8.55. The molecule has 0 radical (unpaired) electrons. The van der Waals surface area contributed by atoms with Gasteiger partial charge in [0.15, 0.2) is 0 Å². The number of piperidine rings is 1. The molecule has 3 N–H and O–H groups in total. The molecule has 1 amide bonds. The van der Waals surface area contributed by atoms with Gasteiger partial charge in [0, 0.05) is 19.6 Å². The third kappa shape index (κ3) is 2.86. The van der Waals surface area contributed by atoms with Crippen LogP contribution >= 0.6 is 0 Å². The molecule has 2 aliphatic rings. The number of carbonyl (C=O) groups excluding carboxylic acids is 1. The van der Waals surface area contributed by atoms with Crippen molar-refractivity contribution >= 4 is 5.91 Å². The molecule has 0 aromatic rings. The Bertz CT molecular complexity index is 299. The van der Waals surface area contributed by atoms with Crippen LogP contribution in [0.4, 0.5) is 0 Å². The van der Waals surface area contributed by atoms with Crippen LogP contribution in [-0.4, -0.2) is 44.0 Å². The number of amides is 1. The molecule has 4 heteroatoms. The van der Waals surface area contributed by atoms with Gasteiger partial charge in [-0.1, -0.05) is 6.92 Å². The van der Waals surface area contributed by atoms with Crippen molar-refractivity contribution in [2.75, 3.05) is 33.2 Å². The maximum absolute atomic E-state index is 12.2. The lowest BCUT2D eigenvalue weighted by Crippen LogP contribution is -2.54. The molecule has 1 atom stereocenters. The van der Waals surface area contributed by atoms with Gasteiger partial charge in [-0.25, -0.2) is 0 Å². The van der Waals surface area contributed by atoms with Gasteiger partial charge in [0.05, 0.1) is 5.41 Å². The van der Waals surface area contributed by atoms with E-state index in [-0.39, 0.29) is 11.3 Å². The number of nitrogens with one attached hydrogen (secondary N) is 1. The Kier molecular flexibility index (Phi) is 4.28. The van der Waals surface area contributed by atoms with Crippen LogP contribution in [0.3, 0.4) is 0 Å². The highest BCUT2D eigenvalue weighted by atomic mass is 16.2. The lowest BCUT2D eigenvalue weighted by atomic mass is 9.62. The summed E-state index contributed by atoms with van der Waals surface area (Å²) >= 11 is 0. The Hall–Kier alpha value is -0.610. The second-order valence-electron chi connectivity index (χ2n) is 6.48. The number of nitrogens with two attached hydrogens (primary N) is 1. The zero-order chi connectivity index (χ0) is 13.2. The molecular formula is C14H27N3O. The Balaban J connectivity index is 1.77. The highest BCUT2D eigenvalue weighted by molar-refractivity contribution is 5.83. The SMILES string of the molecule is CC1CC(CN)(C(=O)NCC2CCCN(C)C2)C1. The summed E-state index contributed by atoms with van der Waals surface area (Å²) in [6.45, 7) is 5.80. The van der Waals surface area contributed by atoms with Crippen LogP contribution in [0.2, 0.25) is 0 Å². The minimum atomic E-state index is -0.250. The average molecular weight is 253 g/mol. The summed E-state index contributed by atoms with van der Waals surface area (Å²) in [5, 5.41) is 3.14. The van der Waals surface area contributed by atoms with Crippen molar-refractivity contribution in [1.82, 2.24) is 10.2 Å². The number of hydrogen-bond acceptors (Lipinski definition) is 3. The van der Waals surface area contributed by atoms with E-state index in [0.717, 1.165) is 25.9 Å². The van der Waals surface area contributed by atoms with Gasteiger partial charge in [0.1, 0.15) is 0 Å². The van der Waals surface area contributed by atoms with E-state index in [0.29, 0.717) is 18.4 Å². The number of likely N-dealkylation sites (tertiary alicyclic amines) is 1. The Morgan fingerprint density at radius 1 is 1.50 bits per heavy atom. The van der Waals surface area contributed by atoms with E-state index in [2.05, 4.69) is 24.2 Å².